The van der Waals surface area contributed by atoms with Crippen LogP contribution in [0.25, 0.3) is 0 Å². The Bertz CT molecular complexity index is 810. The Kier molecular flexibility index (Phi) is 6.24. The zero-order valence-corrected chi connectivity index (χ0v) is 14.4. The number of nitrogens with one attached hydrogen (secondary N) is 2. The Balaban J connectivity index is 1.96. The number of nitro benzene ring substituents is 1. The summed E-state index contributed by atoms with van der Waals surface area (Å²) in [7, 11) is 3.10. The van der Waals surface area contributed by atoms with Crippen molar-refractivity contribution in [2.24, 2.45) is 5.10 Å². The first-order valence-corrected chi connectivity index (χ1v) is 7.51. The number of hydrazone groups is 1. The van der Waals surface area contributed by atoms with Gasteiger partial charge in [-0.15, -0.1) is 0 Å². The topological polar surface area (TPSA) is 98.0 Å². The summed E-state index contributed by atoms with van der Waals surface area (Å²) in [6.07, 6.45) is 1.44. The van der Waals surface area contributed by atoms with E-state index < -0.39 is 4.92 Å². The molecule has 0 aliphatic rings. The number of rotatable bonds is 6. The highest BCUT2D eigenvalue weighted by atomic mass is 32.1. The van der Waals surface area contributed by atoms with E-state index in [0.717, 1.165) is 0 Å². The van der Waals surface area contributed by atoms with Crippen molar-refractivity contribution >= 4 is 34.9 Å². The lowest BCUT2D eigenvalue weighted by Crippen LogP contribution is -2.23. The molecule has 130 valence electrons. The summed E-state index contributed by atoms with van der Waals surface area (Å²) in [4.78, 5) is 10.3. The zero-order valence-electron chi connectivity index (χ0n) is 13.6. The first kappa shape index (κ1) is 18.1. The van der Waals surface area contributed by atoms with Gasteiger partial charge in [0.1, 0.15) is 0 Å². The van der Waals surface area contributed by atoms with E-state index in [1.54, 1.807) is 44.6 Å². The molecule has 0 heterocycles. The van der Waals surface area contributed by atoms with Gasteiger partial charge in [0, 0.05) is 29.4 Å². The number of methoxy groups -OCH3 is 2. The highest BCUT2D eigenvalue weighted by Gasteiger charge is 2.06. The number of nitro groups is 1. The molecule has 0 saturated carbocycles. The van der Waals surface area contributed by atoms with Crippen molar-refractivity contribution in [3.8, 4) is 11.5 Å². The maximum atomic E-state index is 10.7. The number of benzene rings is 2. The molecule has 0 radical (unpaired) electrons. The molecule has 0 aliphatic carbocycles. The van der Waals surface area contributed by atoms with Gasteiger partial charge in [0.2, 0.25) is 0 Å². The number of non-ortho nitro benzene ring substituents is 1. The molecule has 0 aliphatic heterocycles. The highest BCUT2D eigenvalue weighted by molar-refractivity contribution is 7.80. The molecule has 8 nitrogen and oxygen atoms in total. The number of thiocarbonyl (C=S) groups is 1. The fourth-order valence-corrected chi connectivity index (χ4v) is 2.13. The number of hydrogen-bond donors (Lipinski definition) is 2. The fourth-order valence-electron chi connectivity index (χ4n) is 1.96. The van der Waals surface area contributed by atoms with Crippen LogP contribution >= 0.6 is 12.2 Å². The van der Waals surface area contributed by atoms with Crippen molar-refractivity contribution < 1.29 is 14.4 Å². The maximum Gasteiger partial charge on any atom is 0.270 e. The minimum Gasteiger partial charge on any atom is -0.493 e. The van der Waals surface area contributed by atoms with E-state index in [1.807, 2.05) is 0 Å². The quantitative estimate of drug-likeness (QED) is 0.354. The van der Waals surface area contributed by atoms with Gasteiger partial charge in [-0.25, -0.2) is 0 Å². The van der Waals surface area contributed by atoms with Gasteiger partial charge in [0.25, 0.3) is 5.69 Å². The van der Waals surface area contributed by atoms with Crippen molar-refractivity contribution in [1.29, 1.82) is 0 Å². The molecule has 9 heteroatoms. The van der Waals surface area contributed by atoms with Crippen molar-refractivity contribution in [3.05, 3.63) is 58.1 Å². The SMILES string of the molecule is COc1ccc(NC(=S)NN=Cc2cccc([N+](=O)[O-])c2)cc1OC. The Morgan fingerprint density at radius 3 is 2.64 bits per heavy atom. The van der Waals surface area contributed by atoms with Gasteiger partial charge in [-0.3, -0.25) is 15.5 Å². The summed E-state index contributed by atoms with van der Waals surface area (Å²) >= 11 is 5.14. The van der Waals surface area contributed by atoms with Gasteiger partial charge in [0.05, 0.1) is 25.4 Å². The van der Waals surface area contributed by atoms with Gasteiger partial charge >= 0.3 is 0 Å². The summed E-state index contributed by atoms with van der Waals surface area (Å²) in [6.45, 7) is 0. The van der Waals surface area contributed by atoms with Crippen LogP contribution in [0.2, 0.25) is 0 Å². The van der Waals surface area contributed by atoms with Crippen LogP contribution in [0.5, 0.6) is 11.5 Å². The maximum absolute atomic E-state index is 10.7. The van der Waals surface area contributed by atoms with E-state index in [-0.39, 0.29) is 10.8 Å². The number of hydrogen-bond acceptors (Lipinski definition) is 6. The van der Waals surface area contributed by atoms with Crippen LogP contribution in [-0.4, -0.2) is 30.5 Å². The molecule has 0 saturated heterocycles. The lowest BCUT2D eigenvalue weighted by atomic mass is 10.2. The van der Waals surface area contributed by atoms with Crippen molar-refractivity contribution in [2.75, 3.05) is 19.5 Å². The van der Waals surface area contributed by atoms with E-state index in [0.29, 0.717) is 22.7 Å². The van der Waals surface area contributed by atoms with Crippen molar-refractivity contribution in [1.82, 2.24) is 5.43 Å². The molecule has 2 N–H and O–H groups in total. The van der Waals surface area contributed by atoms with Crippen LogP contribution in [0, 0.1) is 10.1 Å². The van der Waals surface area contributed by atoms with Crippen LogP contribution < -0.4 is 20.2 Å². The van der Waals surface area contributed by atoms with Gasteiger partial charge in [0.15, 0.2) is 16.6 Å². The van der Waals surface area contributed by atoms with Gasteiger partial charge in [-0.05, 0) is 24.4 Å². The number of anilines is 1. The average Bonchev–Trinajstić information content (AvgIpc) is 2.61. The minimum absolute atomic E-state index is 0.00465. The molecule has 0 unspecified atom stereocenters. The molecular weight excluding hydrogens is 344 g/mol. The summed E-state index contributed by atoms with van der Waals surface area (Å²) in [5.41, 5.74) is 3.91. The Hall–Kier alpha value is -3.20. The zero-order chi connectivity index (χ0) is 18.2. The second kappa shape index (κ2) is 8.60. The molecule has 25 heavy (non-hydrogen) atoms. The van der Waals surface area contributed by atoms with Gasteiger partial charge in [-0.1, -0.05) is 12.1 Å². The molecule has 2 aromatic rings. The molecular formula is C16H16N4O4S. The standard InChI is InChI=1S/C16H16N4O4S/c1-23-14-7-6-12(9-15(14)24-2)18-16(25)19-17-10-11-4-3-5-13(8-11)20(21)22/h3-10H,1-2H3,(H2,18,19,25). The fraction of sp³-hybridized carbons (Fsp3) is 0.125. The predicted molar refractivity (Wildman–Crippen MR) is 99.6 cm³/mol. The first-order valence-electron chi connectivity index (χ1n) is 7.10. The Morgan fingerprint density at radius 2 is 1.96 bits per heavy atom. The third-order valence-electron chi connectivity index (χ3n) is 3.10. The summed E-state index contributed by atoms with van der Waals surface area (Å²) in [5.74, 6) is 1.17. The second-order valence-electron chi connectivity index (χ2n) is 4.75. The molecule has 0 atom stereocenters. The van der Waals surface area contributed by atoms with Crippen LogP contribution in [-0.2, 0) is 0 Å². The molecule has 2 rings (SSSR count). The van der Waals surface area contributed by atoms with Gasteiger partial charge in [-0.2, -0.15) is 5.10 Å². The molecule has 0 bridgehead atoms. The highest BCUT2D eigenvalue weighted by Crippen LogP contribution is 2.29. The monoisotopic (exact) mass is 360 g/mol. The Morgan fingerprint density at radius 1 is 1.20 bits per heavy atom. The summed E-state index contributed by atoms with van der Waals surface area (Å²) in [6, 6.07) is 11.4. The lowest BCUT2D eigenvalue weighted by molar-refractivity contribution is -0.384. The Labute approximate surface area is 149 Å². The van der Waals surface area contributed by atoms with Crippen molar-refractivity contribution in [2.45, 2.75) is 0 Å². The third-order valence-corrected chi connectivity index (χ3v) is 3.30. The molecule has 0 aromatic heterocycles. The van der Waals surface area contributed by atoms with E-state index in [9.17, 15) is 10.1 Å². The number of ether oxygens (including phenoxy) is 2. The molecule has 2 aromatic carbocycles. The first-order chi connectivity index (χ1) is 12.0. The van der Waals surface area contributed by atoms with Crippen LogP contribution in [0.3, 0.4) is 0 Å². The number of nitrogens with zero attached hydrogens (tertiary/aromatic N) is 2. The predicted octanol–water partition coefficient (Wildman–Crippen LogP) is 2.93. The molecule has 0 fully saturated rings. The average molecular weight is 360 g/mol. The van der Waals surface area contributed by atoms with Crippen LogP contribution in [0.4, 0.5) is 11.4 Å². The van der Waals surface area contributed by atoms with E-state index >= 15 is 0 Å². The largest absolute Gasteiger partial charge is 0.493 e. The van der Waals surface area contributed by atoms with E-state index in [1.165, 1.54) is 18.3 Å². The second-order valence-corrected chi connectivity index (χ2v) is 5.15. The van der Waals surface area contributed by atoms with E-state index in [4.69, 9.17) is 21.7 Å². The smallest absolute Gasteiger partial charge is 0.270 e. The van der Waals surface area contributed by atoms with Crippen molar-refractivity contribution in [3.63, 3.8) is 0 Å². The van der Waals surface area contributed by atoms with Gasteiger partial charge < -0.3 is 14.8 Å². The summed E-state index contributed by atoms with van der Waals surface area (Å²) in [5, 5.41) is 17.9. The third kappa shape index (κ3) is 5.15. The lowest BCUT2D eigenvalue weighted by Gasteiger charge is -2.11. The van der Waals surface area contributed by atoms with Crippen LogP contribution in [0.15, 0.2) is 47.6 Å². The minimum atomic E-state index is -0.464. The summed E-state index contributed by atoms with van der Waals surface area (Å²) < 4.78 is 10.4. The van der Waals surface area contributed by atoms with Crippen LogP contribution in [0.1, 0.15) is 5.56 Å². The normalized spacial score (nSPS) is 10.3. The molecule has 0 amide bonds. The van der Waals surface area contributed by atoms with E-state index in [2.05, 4.69) is 15.8 Å². The molecule has 0 spiro atoms.